The van der Waals surface area contributed by atoms with Crippen molar-refractivity contribution in [3.8, 4) is 0 Å². The molecule has 2 rings (SSSR count). The minimum atomic E-state index is -0.474. The Hall–Kier alpha value is -0.800. The summed E-state index contributed by atoms with van der Waals surface area (Å²) in [6.45, 7) is 1.85. The fraction of sp³-hybridized carbons (Fsp3) is 0.636. The number of hydrogen-bond acceptors (Lipinski definition) is 3. The van der Waals surface area contributed by atoms with Crippen LogP contribution >= 0.6 is 0 Å². The van der Waals surface area contributed by atoms with Gasteiger partial charge in [-0.2, -0.15) is 0 Å². The van der Waals surface area contributed by atoms with Gasteiger partial charge in [-0.1, -0.05) is 0 Å². The number of rotatable bonds is 3. The van der Waals surface area contributed by atoms with Crippen molar-refractivity contribution in [1.82, 2.24) is 5.32 Å². The first kappa shape index (κ1) is 9.74. The van der Waals surface area contributed by atoms with Crippen LogP contribution in [0.4, 0.5) is 0 Å². The van der Waals surface area contributed by atoms with Gasteiger partial charge >= 0.3 is 0 Å². The zero-order valence-corrected chi connectivity index (χ0v) is 8.33. The molecule has 0 amide bonds. The minimum Gasteiger partial charge on any atom is -0.469 e. The molecule has 0 spiro atoms. The van der Waals surface area contributed by atoms with E-state index in [0.717, 1.165) is 44.5 Å². The van der Waals surface area contributed by atoms with Crippen molar-refractivity contribution in [2.24, 2.45) is 0 Å². The molecule has 3 nitrogen and oxygen atoms in total. The maximum absolute atomic E-state index is 10.2. The van der Waals surface area contributed by atoms with E-state index in [1.54, 1.807) is 6.26 Å². The van der Waals surface area contributed by atoms with Gasteiger partial charge in [-0.15, -0.1) is 0 Å². The summed E-state index contributed by atoms with van der Waals surface area (Å²) in [6.07, 6.45) is 5.04. The summed E-state index contributed by atoms with van der Waals surface area (Å²) in [6, 6.07) is 3.85. The zero-order chi connectivity index (χ0) is 9.86. The number of furan rings is 1. The molecule has 3 heteroatoms. The highest BCUT2D eigenvalue weighted by Gasteiger charge is 2.28. The van der Waals surface area contributed by atoms with Gasteiger partial charge in [0.2, 0.25) is 0 Å². The molecular formula is C11H17NO2. The summed E-state index contributed by atoms with van der Waals surface area (Å²) in [7, 11) is 0. The Labute approximate surface area is 84.1 Å². The predicted molar refractivity (Wildman–Crippen MR) is 54.1 cm³/mol. The van der Waals surface area contributed by atoms with E-state index in [1.807, 2.05) is 12.1 Å². The minimum absolute atomic E-state index is 0.474. The molecule has 78 valence electrons. The monoisotopic (exact) mass is 195 g/mol. The van der Waals surface area contributed by atoms with Gasteiger partial charge < -0.3 is 14.8 Å². The molecule has 0 radical (unpaired) electrons. The van der Waals surface area contributed by atoms with Crippen LogP contribution in [0.2, 0.25) is 0 Å². The number of aliphatic hydroxyl groups is 1. The Kier molecular flexibility index (Phi) is 2.89. The van der Waals surface area contributed by atoms with Gasteiger partial charge in [-0.25, -0.2) is 0 Å². The lowest BCUT2D eigenvalue weighted by Crippen LogP contribution is -2.42. The first-order valence-corrected chi connectivity index (χ1v) is 5.24. The van der Waals surface area contributed by atoms with Crippen LogP contribution in [0, 0.1) is 0 Å². The van der Waals surface area contributed by atoms with Gasteiger partial charge in [0.25, 0.3) is 0 Å². The van der Waals surface area contributed by atoms with Crippen LogP contribution in [0.3, 0.4) is 0 Å². The van der Waals surface area contributed by atoms with Gasteiger partial charge in [0.1, 0.15) is 5.76 Å². The van der Waals surface area contributed by atoms with E-state index in [-0.39, 0.29) is 0 Å². The van der Waals surface area contributed by atoms with Crippen LogP contribution in [0.5, 0.6) is 0 Å². The van der Waals surface area contributed by atoms with Crippen molar-refractivity contribution < 1.29 is 9.52 Å². The van der Waals surface area contributed by atoms with E-state index in [4.69, 9.17) is 4.42 Å². The average Bonchev–Trinajstić information content (AvgIpc) is 2.69. The third-order valence-corrected chi connectivity index (χ3v) is 2.95. The van der Waals surface area contributed by atoms with Crippen molar-refractivity contribution in [1.29, 1.82) is 0 Å². The Balaban J connectivity index is 1.84. The fourth-order valence-electron chi connectivity index (χ4n) is 1.95. The van der Waals surface area contributed by atoms with Crippen molar-refractivity contribution in [3.63, 3.8) is 0 Å². The molecule has 0 saturated carbocycles. The van der Waals surface area contributed by atoms with Gasteiger partial charge in [-0.05, 0) is 44.5 Å². The average molecular weight is 195 g/mol. The van der Waals surface area contributed by atoms with E-state index >= 15 is 0 Å². The van der Waals surface area contributed by atoms with Crippen molar-refractivity contribution in [2.75, 3.05) is 13.1 Å². The molecule has 1 aliphatic heterocycles. The standard InChI is InChI=1S/C11H17NO2/c13-11(5-7-12-8-6-11)4-3-10-2-1-9-14-10/h1-2,9,12-13H,3-8H2. The van der Waals surface area contributed by atoms with Crippen molar-refractivity contribution >= 4 is 0 Å². The number of aryl methyl sites for hydroxylation is 1. The first-order chi connectivity index (χ1) is 6.79. The topological polar surface area (TPSA) is 45.4 Å². The van der Waals surface area contributed by atoms with Crippen LogP contribution in [0.15, 0.2) is 22.8 Å². The van der Waals surface area contributed by atoms with Crippen molar-refractivity contribution in [2.45, 2.75) is 31.3 Å². The molecule has 1 fully saturated rings. The molecule has 0 unspecified atom stereocenters. The quantitative estimate of drug-likeness (QED) is 0.764. The normalized spacial score (nSPS) is 20.9. The molecule has 0 atom stereocenters. The second-order valence-electron chi connectivity index (χ2n) is 4.05. The summed E-state index contributed by atoms with van der Waals surface area (Å²) >= 11 is 0. The number of nitrogens with one attached hydrogen (secondary N) is 1. The van der Waals surface area contributed by atoms with E-state index in [2.05, 4.69) is 5.32 Å². The molecule has 1 aromatic rings. The number of hydrogen-bond donors (Lipinski definition) is 2. The van der Waals surface area contributed by atoms with Crippen molar-refractivity contribution in [3.05, 3.63) is 24.2 Å². The van der Waals surface area contributed by atoms with Crippen LogP contribution in [-0.4, -0.2) is 23.8 Å². The number of piperidine rings is 1. The summed E-state index contributed by atoms with van der Waals surface area (Å²) in [5, 5.41) is 13.4. The van der Waals surface area contributed by atoms with E-state index in [9.17, 15) is 5.11 Å². The molecule has 1 aliphatic rings. The second kappa shape index (κ2) is 4.15. The van der Waals surface area contributed by atoms with E-state index < -0.39 is 5.60 Å². The van der Waals surface area contributed by atoms with Gasteiger partial charge in [0.15, 0.2) is 0 Å². The van der Waals surface area contributed by atoms with Crippen LogP contribution in [-0.2, 0) is 6.42 Å². The Morgan fingerprint density at radius 2 is 2.21 bits per heavy atom. The molecular weight excluding hydrogens is 178 g/mol. The Bertz CT molecular complexity index is 263. The summed E-state index contributed by atoms with van der Waals surface area (Å²) in [5.41, 5.74) is -0.474. The van der Waals surface area contributed by atoms with Gasteiger partial charge in [0, 0.05) is 6.42 Å². The largest absolute Gasteiger partial charge is 0.469 e. The highest BCUT2D eigenvalue weighted by molar-refractivity contribution is 5.00. The Morgan fingerprint density at radius 3 is 2.86 bits per heavy atom. The highest BCUT2D eigenvalue weighted by atomic mass is 16.3. The third-order valence-electron chi connectivity index (χ3n) is 2.95. The first-order valence-electron chi connectivity index (χ1n) is 5.24. The lowest BCUT2D eigenvalue weighted by Gasteiger charge is -2.32. The molecule has 2 heterocycles. The SMILES string of the molecule is OC1(CCc2ccco2)CCNCC1. The summed E-state index contributed by atoms with van der Waals surface area (Å²) in [4.78, 5) is 0. The maximum Gasteiger partial charge on any atom is 0.103 e. The predicted octanol–water partition coefficient (Wildman–Crippen LogP) is 1.33. The van der Waals surface area contributed by atoms with Crippen LogP contribution in [0.1, 0.15) is 25.0 Å². The lowest BCUT2D eigenvalue weighted by molar-refractivity contribution is 0.00177. The second-order valence-corrected chi connectivity index (χ2v) is 4.05. The van der Waals surface area contributed by atoms with E-state index in [1.165, 1.54) is 0 Å². The summed E-state index contributed by atoms with van der Waals surface area (Å²) in [5.74, 6) is 0.969. The van der Waals surface area contributed by atoms with Crippen LogP contribution < -0.4 is 5.32 Å². The van der Waals surface area contributed by atoms with Crippen LogP contribution in [0.25, 0.3) is 0 Å². The Morgan fingerprint density at radius 1 is 1.43 bits per heavy atom. The van der Waals surface area contributed by atoms with Gasteiger partial charge in [-0.3, -0.25) is 0 Å². The van der Waals surface area contributed by atoms with Gasteiger partial charge in [0.05, 0.1) is 11.9 Å². The highest BCUT2D eigenvalue weighted by Crippen LogP contribution is 2.24. The molecule has 1 aromatic heterocycles. The molecule has 0 aliphatic carbocycles. The summed E-state index contributed by atoms with van der Waals surface area (Å²) < 4.78 is 5.24. The smallest absolute Gasteiger partial charge is 0.103 e. The molecule has 2 N–H and O–H groups in total. The molecule has 1 saturated heterocycles. The third kappa shape index (κ3) is 2.36. The molecule has 0 bridgehead atoms. The van der Waals surface area contributed by atoms with E-state index in [0.29, 0.717) is 0 Å². The lowest BCUT2D eigenvalue weighted by atomic mass is 9.87. The molecule has 0 aromatic carbocycles. The molecule has 14 heavy (non-hydrogen) atoms. The fourth-order valence-corrected chi connectivity index (χ4v) is 1.95. The zero-order valence-electron chi connectivity index (χ0n) is 8.33. The maximum atomic E-state index is 10.2.